The second kappa shape index (κ2) is 10.3. The van der Waals surface area contributed by atoms with Gasteiger partial charge in [-0.15, -0.1) is 11.3 Å². The standard InChI is InChI=1S/C25H24N6O4S/c32-24(33)16-3-5-17(6-4-16)26-23-21-14-19(31(34)35)7-8-22(21)28-25(29-23)27-18-9-11-30(12-10-18)15-20-2-1-13-36-20/h1-8,13-14,18H,9-12,15H2,(H,32,33)(H2,26,27,28,29). The maximum Gasteiger partial charge on any atom is 0.335 e. The van der Waals surface area contributed by atoms with Gasteiger partial charge in [-0.3, -0.25) is 15.0 Å². The number of nitrogens with one attached hydrogen (secondary N) is 2. The molecule has 0 bridgehead atoms. The highest BCUT2D eigenvalue weighted by molar-refractivity contribution is 7.09. The van der Waals surface area contributed by atoms with Crippen molar-refractivity contribution in [2.75, 3.05) is 23.7 Å². The van der Waals surface area contributed by atoms with Gasteiger partial charge < -0.3 is 15.7 Å². The molecule has 5 rings (SSSR count). The number of nitro benzene ring substituents is 1. The number of benzene rings is 2. The van der Waals surface area contributed by atoms with Gasteiger partial charge in [-0.1, -0.05) is 6.07 Å². The number of nitro groups is 1. The second-order valence-corrected chi connectivity index (χ2v) is 9.67. The number of nitrogens with zero attached hydrogens (tertiary/aromatic N) is 4. The summed E-state index contributed by atoms with van der Waals surface area (Å²) < 4.78 is 0. The van der Waals surface area contributed by atoms with E-state index in [9.17, 15) is 14.9 Å². The van der Waals surface area contributed by atoms with E-state index in [1.54, 1.807) is 29.5 Å². The quantitative estimate of drug-likeness (QED) is 0.221. The third-order valence-electron chi connectivity index (χ3n) is 6.17. The number of anilines is 3. The number of thiophene rings is 1. The van der Waals surface area contributed by atoms with E-state index in [1.165, 1.54) is 29.1 Å². The van der Waals surface area contributed by atoms with Crippen molar-refractivity contribution in [1.82, 2.24) is 14.9 Å². The summed E-state index contributed by atoms with van der Waals surface area (Å²) in [5.74, 6) is -0.167. The van der Waals surface area contributed by atoms with Crippen LogP contribution in [0.1, 0.15) is 28.1 Å². The van der Waals surface area contributed by atoms with Crippen LogP contribution in [0.4, 0.5) is 23.1 Å². The number of piperidine rings is 1. The molecule has 0 saturated carbocycles. The molecule has 0 aliphatic carbocycles. The highest BCUT2D eigenvalue weighted by Gasteiger charge is 2.21. The minimum absolute atomic E-state index is 0.0609. The van der Waals surface area contributed by atoms with Crippen molar-refractivity contribution < 1.29 is 14.8 Å². The summed E-state index contributed by atoms with van der Waals surface area (Å²) in [6.07, 6.45) is 1.90. The summed E-state index contributed by atoms with van der Waals surface area (Å²) in [5.41, 5.74) is 1.28. The molecule has 3 heterocycles. The van der Waals surface area contributed by atoms with Crippen molar-refractivity contribution in [3.05, 3.63) is 80.5 Å². The Morgan fingerprint density at radius 3 is 2.58 bits per heavy atom. The van der Waals surface area contributed by atoms with E-state index in [0.717, 1.165) is 32.5 Å². The summed E-state index contributed by atoms with van der Waals surface area (Å²) in [7, 11) is 0. The van der Waals surface area contributed by atoms with E-state index in [2.05, 4.69) is 43.0 Å². The Balaban J connectivity index is 1.36. The van der Waals surface area contributed by atoms with Crippen molar-refractivity contribution in [2.24, 2.45) is 0 Å². The smallest absolute Gasteiger partial charge is 0.335 e. The van der Waals surface area contributed by atoms with Crippen LogP contribution in [-0.4, -0.2) is 50.0 Å². The Labute approximate surface area is 210 Å². The third kappa shape index (κ3) is 5.42. The predicted octanol–water partition coefficient (Wildman–Crippen LogP) is 5.12. The maximum atomic E-state index is 11.3. The second-order valence-electron chi connectivity index (χ2n) is 8.64. The summed E-state index contributed by atoms with van der Waals surface area (Å²) >= 11 is 1.77. The highest BCUT2D eigenvalue weighted by atomic mass is 32.1. The van der Waals surface area contributed by atoms with E-state index >= 15 is 0 Å². The number of hydrogen-bond donors (Lipinski definition) is 3. The molecule has 1 saturated heterocycles. The van der Waals surface area contributed by atoms with Gasteiger partial charge in [-0.25, -0.2) is 9.78 Å². The van der Waals surface area contributed by atoms with Gasteiger partial charge >= 0.3 is 5.97 Å². The molecule has 184 valence electrons. The van der Waals surface area contributed by atoms with Gasteiger partial charge in [0.2, 0.25) is 5.95 Å². The van der Waals surface area contributed by atoms with E-state index in [-0.39, 0.29) is 17.3 Å². The van der Waals surface area contributed by atoms with Crippen molar-refractivity contribution in [3.8, 4) is 0 Å². The fourth-order valence-electron chi connectivity index (χ4n) is 4.26. The molecule has 3 N–H and O–H groups in total. The lowest BCUT2D eigenvalue weighted by molar-refractivity contribution is -0.384. The third-order valence-corrected chi connectivity index (χ3v) is 7.03. The van der Waals surface area contributed by atoms with Gasteiger partial charge in [0.25, 0.3) is 5.69 Å². The lowest BCUT2D eigenvalue weighted by Gasteiger charge is -2.32. The first-order valence-electron chi connectivity index (χ1n) is 11.5. The van der Waals surface area contributed by atoms with Crippen LogP contribution in [0, 0.1) is 10.1 Å². The average Bonchev–Trinajstić information content (AvgIpc) is 3.38. The molecule has 10 nitrogen and oxygen atoms in total. The van der Waals surface area contributed by atoms with Crippen LogP contribution in [-0.2, 0) is 6.54 Å². The van der Waals surface area contributed by atoms with Crippen LogP contribution < -0.4 is 10.6 Å². The largest absolute Gasteiger partial charge is 0.478 e. The van der Waals surface area contributed by atoms with Crippen LogP contribution in [0.5, 0.6) is 0 Å². The minimum Gasteiger partial charge on any atom is -0.478 e. The molecule has 11 heteroatoms. The molecule has 1 fully saturated rings. The highest BCUT2D eigenvalue weighted by Crippen LogP contribution is 2.29. The number of carboxylic acid groups (broad SMARTS) is 1. The summed E-state index contributed by atoms with van der Waals surface area (Å²) in [6, 6.07) is 15.2. The number of non-ortho nitro benzene ring substituents is 1. The fraction of sp³-hybridized carbons (Fsp3) is 0.240. The topological polar surface area (TPSA) is 134 Å². The summed E-state index contributed by atoms with van der Waals surface area (Å²) in [4.78, 5) is 35.1. The molecule has 36 heavy (non-hydrogen) atoms. The van der Waals surface area contributed by atoms with Gasteiger partial charge in [0.15, 0.2) is 0 Å². The lowest BCUT2D eigenvalue weighted by Crippen LogP contribution is -2.38. The molecule has 0 radical (unpaired) electrons. The zero-order valence-electron chi connectivity index (χ0n) is 19.3. The predicted molar refractivity (Wildman–Crippen MR) is 139 cm³/mol. The van der Waals surface area contributed by atoms with Crippen molar-refractivity contribution in [3.63, 3.8) is 0 Å². The Morgan fingerprint density at radius 2 is 1.92 bits per heavy atom. The minimum atomic E-state index is -1.02. The number of likely N-dealkylation sites (tertiary alicyclic amines) is 1. The molecule has 0 unspecified atom stereocenters. The monoisotopic (exact) mass is 504 g/mol. The van der Waals surface area contributed by atoms with Gasteiger partial charge in [0.05, 0.1) is 16.0 Å². The van der Waals surface area contributed by atoms with Crippen LogP contribution in [0.3, 0.4) is 0 Å². The number of aromatic carboxylic acids is 1. The van der Waals surface area contributed by atoms with Gasteiger partial charge in [-0.2, -0.15) is 4.98 Å². The number of aromatic nitrogens is 2. The maximum absolute atomic E-state index is 11.3. The van der Waals surface area contributed by atoms with E-state index in [1.807, 2.05) is 0 Å². The zero-order valence-corrected chi connectivity index (χ0v) is 20.1. The van der Waals surface area contributed by atoms with Gasteiger partial charge in [0, 0.05) is 53.8 Å². The first-order chi connectivity index (χ1) is 17.4. The number of carbonyl (C=O) groups is 1. The zero-order chi connectivity index (χ0) is 25.1. The Kier molecular flexibility index (Phi) is 6.74. The van der Waals surface area contributed by atoms with Crippen LogP contribution in [0.2, 0.25) is 0 Å². The average molecular weight is 505 g/mol. The van der Waals surface area contributed by atoms with Gasteiger partial charge in [0.1, 0.15) is 5.82 Å². The summed E-state index contributed by atoms with van der Waals surface area (Å²) in [5, 5.41) is 29.7. The molecule has 2 aromatic heterocycles. The van der Waals surface area contributed by atoms with Crippen molar-refractivity contribution in [2.45, 2.75) is 25.4 Å². The number of rotatable bonds is 8. The molecular formula is C25H24N6O4S. The molecule has 0 spiro atoms. The molecule has 4 aromatic rings. The number of carboxylic acids is 1. The van der Waals surface area contributed by atoms with E-state index in [0.29, 0.717) is 28.4 Å². The molecule has 0 atom stereocenters. The molecule has 1 aliphatic heterocycles. The van der Waals surface area contributed by atoms with Crippen LogP contribution in [0.15, 0.2) is 60.0 Å². The Bertz CT molecular complexity index is 1390. The Hall–Kier alpha value is -4.09. The van der Waals surface area contributed by atoms with E-state index in [4.69, 9.17) is 5.11 Å². The van der Waals surface area contributed by atoms with Crippen molar-refractivity contribution >= 4 is 51.3 Å². The first kappa shape index (κ1) is 23.6. The normalized spacial score (nSPS) is 14.6. The molecule has 1 aliphatic rings. The van der Waals surface area contributed by atoms with Crippen molar-refractivity contribution in [1.29, 1.82) is 0 Å². The number of hydrogen-bond acceptors (Lipinski definition) is 9. The van der Waals surface area contributed by atoms with E-state index < -0.39 is 10.9 Å². The SMILES string of the molecule is O=C(O)c1ccc(Nc2nc(NC3CCN(Cc4cccs4)CC3)nc3ccc([N+](=O)[O-])cc23)cc1. The van der Waals surface area contributed by atoms with Gasteiger partial charge in [-0.05, 0) is 54.6 Å². The van der Waals surface area contributed by atoms with Crippen LogP contribution >= 0.6 is 11.3 Å². The summed E-state index contributed by atoms with van der Waals surface area (Å²) in [6.45, 7) is 2.90. The first-order valence-corrected chi connectivity index (χ1v) is 12.4. The molecule has 0 amide bonds. The van der Waals surface area contributed by atoms with Crippen LogP contribution in [0.25, 0.3) is 10.9 Å². The Morgan fingerprint density at radius 1 is 1.14 bits per heavy atom. The fourth-order valence-corrected chi connectivity index (χ4v) is 5.01. The number of fused-ring (bicyclic) bond motifs is 1. The molecule has 2 aromatic carbocycles. The lowest BCUT2D eigenvalue weighted by atomic mass is 10.1. The molecular weight excluding hydrogens is 480 g/mol.